The molecular formula is C13H13ClO4S. The lowest BCUT2D eigenvalue weighted by Crippen LogP contribution is -2.26. The summed E-state index contributed by atoms with van der Waals surface area (Å²) in [5.74, 6) is -1.13. The zero-order valence-electron chi connectivity index (χ0n) is 10.3. The van der Waals surface area contributed by atoms with E-state index in [1.807, 2.05) is 0 Å². The van der Waals surface area contributed by atoms with Gasteiger partial charge in [0.1, 0.15) is 17.5 Å². The number of rotatable bonds is 2. The van der Waals surface area contributed by atoms with Gasteiger partial charge in [-0.1, -0.05) is 17.7 Å². The lowest BCUT2D eigenvalue weighted by atomic mass is 9.82. The number of sulfone groups is 1. The van der Waals surface area contributed by atoms with Crippen molar-refractivity contribution in [1.82, 2.24) is 0 Å². The lowest BCUT2D eigenvalue weighted by Gasteiger charge is -2.20. The van der Waals surface area contributed by atoms with E-state index < -0.39 is 15.8 Å². The number of carbonyl (C=O) groups excluding carboxylic acids is 2. The summed E-state index contributed by atoms with van der Waals surface area (Å²) in [6, 6.07) is 4.14. The van der Waals surface area contributed by atoms with Crippen molar-refractivity contribution in [2.45, 2.75) is 30.1 Å². The smallest absolute Gasteiger partial charge is 0.175 e. The van der Waals surface area contributed by atoms with Crippen LogP contribution in [0.2, 0.25) is 5.02 Å². The highest BCUT2D eigenvalue weighted by molar-refractivity contribution is 7.90. The summed E-state index contributed by atoms with van der Waals surface area (Å²) < 4.78 is 22.8. The first-order chi connectivity index (χ1) is 8.80. The van der Waals surface area contributed by atoms with Gasteiger partial charge in [-0.3, -0.25) is 9.59 Å². The van der Waals surface area contributed by atoms with Crippen LogP contribution in [0.3, 0.4) is 0 Å². The lowest BCUT2D eigenvalue weighted by molar-refractivity contribution is -0.131. The van der Waals surface area contributed by atoms with Gasteiger partial charge in [0.25, 0.3) is 0 Å². The van der Waals surface area contributed by atoms with E-state index in [0.29, 0.717) is 24.8 Å². The highest BCUT2D eigenvalue weighted by atomic mass is 35.5. The monoisotopic (exact) mass is 300 g/mol. The van der Waals surface area contributed by atoms with Gasteiger partial charge < -0.3 is 0 Å². The molecule has 0 N–H and O–H groups in total. The second-order valence-corrected chi connectivity index (χ2v) is 7.10. The number of ketones is 2. The Labute approximate surface area is 116 Å². The molecule has 4 nitrogen and oxygen atoms in total. The van der Waals surface area contributed by atoms with Gasteiger partial charge >= 0.3 is 0 Å². The number of hydrogen-bond donors (Lipinski definition) is 0. The third-order valence-corrected chi connectivity index (χ3v) is 4.64. The van der Waals surface area contributed by atoms with Crippen molar-refractivity contribution in [3.05, 3.63) is 28.8 Å². The third kappa shape index (κ3) is 2.87. The Morgan fingerprint density at radius 2 is 1.74 bits per heavy atom. The van der Waals surface area contributed by atoms with Crippen molar-refractivity contribution >= 4 is 33.0 Å². The molecule has 1 aromatic carbocycles. The zero-order chi connectivity index (χ0) is 14.2. The van der Waals surface area contributed by atoms with Crippen molar-refractivity contribution in [3.8, 4) is 0 Å². The van der Waals surface area contributed by atoms with Crippen molar-refractivity contribution in [3.63, 3.8) is 0 Å². The normalized spacial score (nSPS) is 17.8. The van der Waals surface area contributed by atoms with E-state index >= 15 is 0 Å². The van der Waals surface area contributed by atoms with E-state index in [9.17, 15) is 18.0 Å². The average molecular weight is 301 g/mol. The Morgan fingerprint density at radius 3 is 2.21 bits per heavy atom. The fourth-order valence-corrected chi connectivity index (χ4v) is 3.23. The standard InChI is InChI=1S/C13H13ClO4S/c1-19(17,18)8-5-6-9(10(14)7-8)13-11(15)3-2-4-12(13)16/h5-7,13H,2-4H2,1H3. The first-order valence-electron chi connectivity index (χ1n) is 5.85. The van der Waals surface area contributed by atoms with E-state index in [4.69, 9.17) is 11.6 Å². The average Bonchev–Trinajstić information content (AvgIpc) is 2.29. The van der Waals surface area contributed by atoms with Crippen LogP contribution in [0.5, 0.6) is 0 Å². The Kier molecular flexibility index (Phi) is 3.78. The van der Waals surface area contributed by atoms with Crippen molar-refractivity contribution < 1.29 is 18.0 Å². The molecule has 0 aromatic heterocycles. The number of halogens is 1. The fraction of sp³-hybridized carbons (Fsp3) is 0.385. The molecule has 0 amide bonds. The number of carbonyl (C=O) groups is 2. The second kappa shape index (κ2) is 5.06. The summed E-state index contributed by atoms with van der Waals surface area (Å²) in [4.78, 5) is 23.8. The van der Waals surface area contributed by atoms with Gasteiger partial charge in [0.2, 0.25) is 0 Å². The van der Waals surface area contributed by atoms with Gasteiger partial charge in [-0.25, -0.2) is 8.42 Å². The summed E-state index contributed by atoms with van der Waals surface area (Å²) in [7, 11) is -3.35. The van der Waals surface area contributed by atoms with E-state index in [0.717, 1.165) is 6.26 Å². The molecule has 1 fully saturated rings. The summed E-state index contributed by atoms with van der Waals surface area (Å²) in [5.41, 5.74) is 0.406. The Hall–Kier alpha value is -1.20. The molecule has 0 radical (unpaired) electrons. The van der Waals surface area contributed by atoms with Crippen LogP contribution in [0, 0.1) is 0 Å². The number of benzene rings is 1. The largest absolute Gasteiger partial charge is 0.299 e. The summed E-state index contributed by atoms with van der Waals surface area (Å²) in [6.45, 7) is 0. The minimum atomic E-state index is -3.35. The predicted molar refractivity (Wildman–Crippen MR) is 71.2 cm³/mol. The molecule has 1 aromatic rings. The van der Waals surface area contributed by atoms with Crippen LogP contribution in [0.1, 0.15) is 30.7 Å². The molecule has 0 aliphatic heterocycles. The SMILES string of the molecule is CS(=O)(=O)c1ccc(C2C(=O)CCCC2=O)c(Cl)c1. The zero-order valence-corrected chi connectivity index (χ0v) is 11.9. The van der Waals surface area contributed by atoms with E-state index in [1.165, 1.54) is 18.2 Å². The quantitative estimate of drug-likeness (QED) is 0.785. The maximum atomic E-state index is 11.8. The molecule has 1 aliphatic rings. The first kappa shape index (κ1) is 14.2. The van der Waals surface area contributed by atoms with Gasteiger partial charge in [0, 0.05) is 24.1 Å². The Balaban J connectivity index is 2.46. The molecule has 0 heterocycles. The molecule has 19 heavy (non-hydrogen) atoms. The molecular weight excluding hydrogens is 288 g/mol. The van der Waals surface area contributed by atoms with Crippen LogP contribution in [0.15, 0.2) is 23.1 Å². The van der Waals surface area contributed by atoms with Gasteiger partial charge in [-0.05, 0) is 24.1 Å². The van der Waals surface area contributed by atoms with Crippen LogP contribution in [0.25, 0.3) is 0 Å². The maximum Gasteiger partial charge on any atom is 0.175 e. The van der Waals surface area contributed by atoms with Crippen LogP contribution < -0.4 is 0 Å². The maximum absolute atomic E-state index is 11.8. The summed E-state index contributed by atoms with van der Waals surface area (Å²) in [6.07, 6.45) is 2.38. The van der Waals surface area contributed by atoms with Gasteiger partial charge in [0.15, 0.2) is 9.84 Å². The van der Waals surface area contributed by atoms with Crippen LogP contribution in [-0.2, 0) is 19.4 Å². The molecule has 0 bridgehead atoms. The molecule has 6 heteroatoms. The second-order valence-electron chi connectivity index (χ2n) is 4.67. The minimum absolute atomic E-state index is 0.0805. The molecule has 102 valence electrons. The predicted octanol–water partition coefficient (Wildman–Crippen LogP) is 2.15. The molecule has 2 rings (SSSR count). The molecule has 0 unspecified atom stereocenters. The van der Waals surface area contributed by atoms with Gasteiger partial charge in [-0.15, -0.1) is 0 Å². The number of Topliss-reactive ketones (excluding diaryl/α,β-unsaturated/α-hetero) is 2. The van der Waals surface area contributed by atoms with Crippen LogP contribution in [0.4, 0.5) is 0 Å². The number of hydrogen-bond acceptors (Lipinski definition) is 4. The summed E-state index contributed by atoms with van der Waals surface area (Å²) in [5, 5.41) is 0.150. The van der Waals surface area contributed by atoms with Crippen LogP contribution in [-0.4, -0.2) is 26.2 Å². The van der Waals surface area contributed by atoms with E-state index in [1.54, 1.807) is 0 Å². The van der Waals surface area contributed by atoms with Crippen molar-refractivity contribution in [2.24, 2.45) is 0 Å². The van der Waals surface area contributed by atoms with E-state index in [-0.39, 0.29) is 21.5 Å². The Bertz CT molecular complexity index is 633. The molecule has 0 spiro atoms. The van der Waals surface area contributed by atoms with Crippen molar-refractivity contribution in [1.29, 1.82) is 0 Å². The first-order valence-corrected chi connectivity index (χ1v) is 8.12. The van der Waals surface area contributed by atoms with Gasteiger partial charge in [0.05, 0.1) is 4.90 Å². The van der Waals surface area contributed by atoms with Crippen molar-refractivity contribution in [2.75, 3.05) is 6.26 Å². The van der Waals surface area contributed by atoms with Gasteiger partial charge in [-0.2, -0.15) is 0 Å². The molecule has 1 saturated carbocycles. The third-order valence-electron chi connectivity index (χ3n) is 3.20. The molecule has 0 atom stereocenters. The van der Waals surface area contributed by atoms with Crippen LogP contribution >= 0.6 is 11.6 Å². The Morgan fingerprint density at radius 1 is 1.16 bits per heavy atom. The fourth-order valence-electron chi connectivity index (χ4n) is 2.22. The topological polar surface area (TPSA) is 68.3 Å². The highest BCUT2D eigenvalue weighted by Crippen LogP contribution is 2.33. The molecule has 1 aliphatic carbocycles. The van der Waals surface area contributed by atoms with E-state index in [2.05, 4.69) is 0 Å². The highest BCUT2D eigenvalue weighted by Gasteiger charge is 2.33. The summed E-state index contributed by atoms with van der Waals surface area (Å²) >= 11 is 6.03. The minimum Gasteiger partial charge on any atom is -0.299 e. The molecule has 0 saturated heterocycles.